The average Bonchev–Trinajstić information content (AvgIpc) is 3.32. The lowest BCUT2D eigenvalue weighted by Crippen LogP contribution is -2.33. The first-order valence-electron chi connectivity index (χ1n) is 7.91. The van der Waals surface area contributed by atoms with Crippen molar-refractivity contribution in [3.8, 4) is 10.6 Å². The molecule has 2 aromatic carbocycles. The van der Waals surface area contributed by atoms with Crippen LogP contribution < -0.4 is 10.6 Å². The van der Waals surface area contributed by atoms with E-state index < -0.39 is 0 Å². The van der Waals surface area contributed by atoms with Gasteiger partial charge in [-0.25, -0.2) is 4.98 Å². The fourth-order valence-electron chi connectivity index (χ4n) is 2.49. The van der Waals surface area contributed by atoms with Crippen LogP contribution in [0.5, 0.6) is 0 Å². The molecule has 0 saturated carbocycles. The van der Waals surface area contributed by atoms with Crippen LogP contribution in [0.15, 0.2) is 60.0 Å². The molecule has 0 atom stereocenters. The molecule has 0 aliphatic heterocycles. The molecular formula is C19H12ClN3OS3. The molecule has 0 radical (unpaired) electrons. The molecule has 4 nitrogen and oxygen atoms in total. The lowest BCUT2D eigenvalue weighted by atomic mass is 10.2. The van der Waals surface area contributed by atoms with Crippen molar-refractivity contribution in [3.63, 3.8) is 0 Å². The molecule has 0 spiro atoms. The summed E-state index contributed by atoms with van der Waals surface area (Å²) < 4.78 is 1.10. The molecule has 1 amide bonds. The lowest BCUT2D eigenvalue weighted by Gasteiger charge is -2.10. The largest absolute Gasteiger partial charge is 0.332 e. The molecule has 0 bridgehead atoms. The van der Waals surface area contributed by atoms with E-state index >= 15 is 0 Å². The normalized spacial score (nSPS) is 10.7. The number of hydrogen-bond donors (Lipinski definition) is 2. The van der Waals surface area contributed by atoms with E-state index in [1.807, 2.05) is 47.8 Å². The van der Waals surface area contributed by atoms with E-state index in [0.717, 1.165) is 26.5 Å². The van der Waals surface area contributed by atoms with Crippen molar-refractivity contribution in [2.45, 2.75) is 0 Å². The Morgan fingerprint density at radius 2 is 1.96 bits per heavy atom. The Labute approximate surface area is 173 Å². The second-order valence-corrected chi connectivity index (χ2v) is 8.36. The summed E-state index contributed by atoms with van der Waals surface area (Å²) in [6.45, 7) is 0. The van der Waals surface area contributed by atoms with Crippen molar-refractivity contribution in [1.29, 1.82) is 0 Å². The van der Waals surface area contributed by atoms with E-state index in [1.54, 1.807) is 23.5 Å². The summed E-state index contributed by atoms with van der Waals surface area (Å²) in [7, 11) is 0. The Morgan fingerprint density at radius 1 is 1.11 bits per heavy atom. The number of thiazole rings is 1. The van der Waals surface area contributed by atoms with Crippen LogP contribution in [0.3, 0.4) is 0 Å². The number of nitrogens with one attached hydrogen (secondary N) is 2. The molecule has 8 heteroatoms. The Hall–Kier alpha value is -2.32. The smallest absolute Gasteiger partial charge is 0.267 e. The molecule has 2 N–H and O–H groups in total. The zero-order valence-electron chi connectivity index (χ0n) is 13.7. The van der Waals surface area contributed by atoms with E-state index in [2.05, 4.69) is 15.6 Å². The van der Waals surface area contributed by atoms with Crippen molar-refractivity contribution in [3.05, 3.63) is 69.9 Å². The summed E-state index contributed by atoms with van der Waals surface area (Å²) in [6.07, 6.45) is 0. The van der Waals surface area contributed by atoms with Crippen LogP contribution in [-0.2, 0) is 0 Å². The topological polar surface area (TPSA) is 54.0 Å². The van der Waals surface area contributed by atoms with Crippen molar-refractivity contribution in [1.82, 2.24) is 10.3 Å². The maximum absolute atomic E-state index is 12.1. The van der Waals surface area contributed by atoms with Crippen LogP contribution in [0.4, 0.5) is 5.69 Å². The molecule has 0 saturated heterocycles. The molecule has 27 heavy (non-hydrogen) atoms. The predicted octanol–water partition coefficient (Wildman–Crippen LogP) is 5.81. The van der Waals surface area contributed by atoms with Gasteiger partial charge >= 0.3 is 0 Å². The number of anilines is 1. The number of carbonyl (C=O) groups excluding carboxylic acids is 1. The van der Waals surface area contributed by atoms with Gasteiger partial charge < -0.3 is 5.32 Å². The van der Waals surface area contributed by atoms with E-state index in [-0.39, 0.29) is 11.0 Å². The van der Waals surface area contributed by atoms with Crippen molar-refractivity contribution >= 4 is 73.4 Å². The number of benzene rings is 2. The number of thiocarbonyl (C=S) groups is 1. The first-order chi connectivity index (χ1) is 13.1. The first kappa shape index (κ1) is 18.1. The van der Waals surface area contributed by atoms with Crippen LogP contribution in [0.2, 0.25) is 5.02 Å². The molecule has 0 aliphatic rings. The summed E-state index contributed by atoms with van der Waals surface area (Å²) in [6, 6.07) is 17.0. The number of halogens is 1. The van der Waals surface area contributed by atoms with Crippen LogP contribution >= 0.6 is 46.5 Å². The fraction of sp³-hybridized carbons (Fsp3) is 0. The van der Waals surface area contributed by atoms with Gasteiger partial charge in [0.25, 0.3) is 5.91 Å². The van der Waals surface area contributed by atoms with Crippen molar-refractivity contribution in [2.24, 2.45) is 0 Å². The van der Waals surface area contributed by atoms with E-state index in [4.69, 9.17) is 23.8 Å². The fourth-order valence-corrected chi connectivity index (χ4v) is 4.58. The van der Waals surface area contributed by atoms with Crippen LogP contribution in [0.25, 0.3) is 20.8 Å². The Balaban J connectivity index is 1.55. The standard InChI is InChI=1S/C19H12ClN3OS3/c20-13-8-7-11(21-19(25)23-17(24)16-6-3-9-26-16)10-12(13)18-22-14-4-1-2-5-15(14)27-18/h1-10H,(H2,21,23,24,25). The van der Waals surface area contributed by atoms with E-state index in [9.17, 15) is 4.79 Å². The number of thiophene rings is 1. The highest BCUT2D eigenvalue weighted by molar-refractivity contribution is 7.80. The molecule has 2 heterocycles. The van der Waals surface area contributed by atoms with Gasteiger partial charge in [0.2, 0.25) is 0 Å². The SMILES string of the molecule is O=C(NC(=S)Nc1ccc(Cl)c(-c2nc3ccccc3s2)c1)c1cccs1. The summed E-state index contributed by atoms with van der Waals surface area (Å²) in [5.74, 6) is -0.233. The highest BCUT2D eigenvalue weighted by Crippen LogP contribution is 2.35. The van der Waals surface area contributed by atoms with Crippen molar-refractivity contribution in [2.75, 3.05) is 5.32 Å². The highest BCUT2D eigenvalue weighted by atomic mass is 35.5. The Kier molecular flexibility index (Phi) is 5.18. The van der Waals surface area contributed by atoms with Gasteiger partial charge in [-0.15, -0.1) is 22.7 Å². The second kappa shape index (κ2) is 7.74. The zero-order chi connectivity index (χ0) is 18.8. The summed E-state index contributed by atoms with van der Waals surface area (Å²) in [4.78, 5) is 17.3. The first-order valence-corrected chi connectivity index (χ1v) is 10.4. The van der Waals surface area contributed by atoms with Gasteiger partial charge in [0, 0.05) is 11.3 Å². The summed E-state index contributed by atoms with van der Waals surface area (Å²) >= 11 is 14.6. The van der Waals surface area contributed by atoms with Crippen LogP contribution in [-0.4, -0.2) is 16.0 Å². The minimum absolute atomic E-state index is 0.228. The number of para-hydroxylation sites is 1. The number of rotatable bonds is 3. The quantitative estimate of drug-likeness (QED) is 0.404. The van der Waals surface area contributed by atoms with Crippen LogP contribution in [0, 0.1) is 0 Å². The Bertz CT molecular complexity index is 1110. The molecule has 2 aromatic heterocycles. The molecule has 0 fully saturated rings. The molecule has 134 valence electrons. The van der Waals surface area contributed by atoms with Gasteiger partial charge in [-0.3, -0.25) is 10.1 Å². The van der Waals surface area contributed by atoms with Gasteiger partial charge in [0.05, 0.1) is 20.1 Å². The third-order valence-electron chi connectivity index (χ3n) is 3.72. The molecular weight excluding hydrogens is 418 g/mol. The maximum Gasteiger partial charge on any atom is 0.267 e. The van der Waals surface area contributed by atoms with E-state index in [1.165, 1.54) is 11.3 Å². The molecule has 4 aromatic rings. The van der Waals surface area contributed by atoms with Crippen LogP contribution in [0.1, 0.15) is 9.67 Å². The lowest BCUT2D eigenvalue weighted by molar-refractivity contribution is 0.0981. The third-order valence-corrected chi connectivity index (χ3v) is 6.19. The number of nitrogens with zero attached hydrogens (tertiary/aromatic N) is 1. The van der Waals surface area contributed by atoms with Gasteiger partial charge in [-0.05, 0) is 54.0 Å². The average molecular weight is 430 g/mol. The molecule has 0 aliphatic carbocycles. The van der Waals surface area contributed by atoms with Gasteiger partial charge in [-0.2, -0.15) is 0 Å². The molecule has 4 rings (SSSR count). The summed E-state index contributed by atoms with van der Waals surface area (Å²) in [5, 5.41) is 9.21. The van der Waals surface area contributed by atoms with Gasteiger partial charge in [0.1, 0.15) is 5.01 Å². The minimum Gasteiger partial charge on any atom is -0.332 e. The van der Waals surface area contributed by atoms with Gasteiger partial charge in [0.15, 0.2) is 5.11 Å². The summed E-state index contributed by atoms with van der Waals surface area (Å²) in [5.41, 5.74) is 2.48. The monoisotopic (exact) mass is 429 g/mol. The van der Waals surface area contributed by atoms with Crippen molar-refractivity contribution < 1.29 is 4.79 Å². The number of amides is 1. The van der Waals surface area contributed by atoms with Gasteiger partial charge in [-0.1, -0.05) is 29.8 Å². The number of fused-ring (bicyclic) bond motifs is 1. The highest BCUT2D eigenvalue weighted by Gasteiger charge is 2.12. The number of carbonyl (C=O) groups is 1. The number of hydrogen-bond acceptors (Lipinski definition) is 5. The Morgan fingerprint density at radius 3 is 2.74 bits per heavy atom. The van der Waals surface area contributed by atoms with E-state index in [0.29, 0.717) is 9.90 Å². The third kappa shape index (κ3) is 4.01. The predicted molar refractivity (Wildman–Crippen MR) is 118 cm³/mol. The second-order valence-electron chi connectivity index (χ2n) is 5.57. The zero-order valence-corrected chi connectivity index (χ0v) is 16.9. The molecule has 0 unspecified atom stereocenters. The minimum atomic E-state index is -0.233. The maximum atomic E-state index is 12.1. The number of aromatic nitrogens is 1.